The molecule has 1 aliphatic carbocycles. The molecule has 0 aromatic heterocycles. The number of fused-ring (bicyclic) bond motifs is 8. The standard InChI is InChI=1S/C43H30/c1-43(2)40-25-32(42-35-15-9-7-13-31(35)24-38-34-14-8-6-12-28(34)18-21-37(38)42)19-20-36(40)39-23-30-17-16-29(22-33(30)26-41(39)43)27-10-4-3-5-11-27/h3-26H,1-2H3. The quantitative estimate of drug-likeness (QED) is 0.149. The fraction of sp³-hybridized carbons (Fsp3) is 0.0698. The Hall–Kier alpha value is -5.20. The smallest absolute Gasteiger partial charge is 0.0159 e. The first-order valence-corrected chi connectivity index (χ1v) is 15.2. The van der Waals surface area contributed by atoms with Crippen molar-refractivity contribution in [3.8, 4) is 33.4 Å². The van der Waals surface area contributed by atoms with Crippen LogP contribution in [0.1, 0.15) is 25.0 Å². The number of hydrogen-bond donors (Lipinski definition) is 0. The first kappa shape index (κ1) is 24.4. The minimum absolute atomic E-state index is 0.106. The molecule has 0 heteroatoms. The van der Waals surface area contributed by atoms with Crippen molar-refractivity contribution in [3.05, 3.63) is 157 Å². The van der Waals surface area contributed by atoms with Crippen LogP contribution < -0.4 is 0 Å². The van der Waals surface area contributed by atoms with Crippen molar-refractivity contribution < 1.29 is 0 Å². The lowest BCUT2D eigenvalue weighted by atomic mass is 9.80. The second-order valence-corrected chi connectivity index (χ2v) is 12.6. The summed E-state index contributed by atoms with van der Waals surface area (Å²) in [7, 11) is 0. The van der Waals surface area contributed by atoms with Gasteiger partial charge in [0.05, 0.1) is 0 Å². The van der Waals surface area contributed by atoms with Crippen LogP contribution in [0, 0.1) is 0 Å². The van der Waals surface area contributed by atoms with Crippen molar-refractivity contribution in [2.24, 2.45) is 0 Å². The van der Waals surface area contributed by atoms with Crippen molar-refractivity contribution in [1.82, 2.24) is 0 Å². The minimum atomic E-state index is -0.106. The fourth-order valence-corrected chi connectivity index (χ4v) is 7.58. The summed E-state index contributed by atoms with van der Waals surface area (Å²) in [4.78, 5) is 0. The SMILES string of the molecule is CC1(C)c2cc(-c3c4ccccc4cc4c3ccc3ccccc34)ccc2-c2cc3ccc(-c4ccccc4)cc3cc21. The molecular formula is C43H30. The second-order valence-electron chi connectivity index (χ2n) is 12.6. The Kier molecular flexibility index (Phi) is 5.05. The van der Waals surface area contributed by atoms with E-state index in [4.69, 9.17) is 0 Å². The lowest BCUT2D eigenvalue weighted by Crippen LogP contribution is -2.15. The highest BCUT2D eigenvalue weighted by Crippen LogP contribution is 2.52. The highest BCUT2D eigenvalue weighted by Gasteiger charge is 2.36. The zero-order valence-electron chi connectivity index (χ0n) is 24.4. The van der Waals surface area contributed by atoms with Crippen LogP contribution in [-0.4, -0.2) is 0 Å². The normalized spacial score (nSPS) is 13.5. The van der Waals surface area contributed by atoms with Gasteiger partial charge >= 0.3 is 0 Å². The van der Waals surface area contributed by atoms with Gasteiger partial charge in [0.25, 0.3) is 0 Å². The van der Waals surface area contributed by atoms with Crippen molar-refractivity contribution in [3.63, 3.8) is 0 Å². The average Bonchev–Trinajstić information content (AvgIpc) is 3.27. The topological polar surface area (TPSA) is 0 Å². The van der Waals surface area contributed by atoms with E-state index in [0.717, 1.165) is 0 Å². The van der Waals surface area contributed by atoms with Gasteiger partial charge in [0.2, 0.25) is 0 Å². The van der Waals surface area contributed by atoms with Crippen molar-refractivity contribution >= 4 is 43.1 Å². The Balaban J connectivity index is 1.26. The van der Waals surface area contributed by atoms with Gasteiger partial charge in [-0.05, 0) is 118 Å². The van der Waals surface area contributed by atoms with Gasteiger partial charge in [-0.3, -0.25) is 0 Å². The molecular weight excluding hydrogens is 516 g/mol. The summed E-state index contributed by atoms with van der Waals surface area (Å²) in [6, 6.07) is 54.2. The molecule has 0 fully saturated rings. The van der Waals surface area contributed by atoms with Crippen LogP contribution in [-0.2, 0) is 5.41 Å². The van der Waals surface area contributed by atoms with E-state index in [1.165, 1.54) is 87.6 Å². The summed E-state index contributed by atoms with van der Waals surface area (Å²) in [5.74, 6) is 0. The van der Waals surface area contributed by atoms with Gasteiger partial charge in [-0.2, -0.15) is 0 Å². The second kappa shape index (κ2) is 8.90. The molecule has 0 amide bonds. The molecule has 0 N–H and O–H groups in total. The third kappa shape index (κ3) is 3.57. The van der Waals surface area contributed by atoms with E-state index in [0.29, 0.717) is 0 Å². The summed E-state index contributed by atoms with van der Waals surface area (Å²) in [5.41, 5.74) is 10.6. The summed E-state index contributed by atoms with van der Waals surface area (Å²) in [6.45, 7) is 4.78. The maximum atomic E-state index is 2.48. The first-order valence-electron chi connectivity index (χ1n) is 15.2. The highest BCUT2D eigenvalue weighted by molar-refractivity contribution is 6.20. The zero-order chi connectivity index (χ0) is 28.7. The predicted molar refractivity (Wildman–Crippen MR) is 185 cm³/mol. The largest absolute Gasteiger partial charge is 0.0622 e. The molecule has 1 aliphatic rings. The summed E-state index contributed by atoms with van der Waals surface area (Å²) >= 11 is 0. The van der Waals surface area contributed by atoms with Crippen LogP contribution in [0.15, 0.2) is 146 Å². The number of hydrogen-bond acceptors (Lipinski definition) is 0. The molecule has 0 atom stereocenters. The van der Waals surface area contributed by atoms with E-state index >= 15 is 0 Å². The maximum Gasteiger partial charge on any atom is 0.0159 e. The van der Waals surface area contributed by atoms with Crippen LogP contribution in [0.25, 0.3) is 76.5 Å². The van der Waals surface area contributed by atoms with E-state index in [1.807, 2.05) is 0 Å². The maximum absolute atomic E-state index is 2.48. The Morgan fingerprint density at radius 2 is 1.05 bits per heavy atom. The molecule has 202 valence electrons. The molecule has 0 saturated heterocycles. The third-order valence-corrected chi connectivity index (χ3v) is 9.80. The van der Waals surface area contributed by atoms with Crippen molar-refractivity contribution in [2.45, 2.75) is 19.3 Å². The molecule has 0 bridgehead atoms. The van der Waals surface area contributed by atoms with Gasteiger partial charge in [-0.25, -0.2) is 0 Å². The molecule has 0 heterocycles. The van der Waals surface area contributed by atoms with Gasteiger partial charge in [0.15, 0.2) is 0 Å². The molecule has 0 spiro atoms. The van der Waals surface area contributed by atoms with Crippen LogP contribution in [0.4, 0.5) is 0 Å². The van der Waals surface area contributed by atoms with E-state index in [-0.39, 0.29) is 5.41 Å². The van der Waals surface area contributed by atoms with Crippen LogP contribution in [0.5, 0.6) is 0 Å². The van der Waals surface area contributed by atoms with Crippen LogP contribution in [0.3, 0.4) is 0 Å². The summed E-state index contributed by atoms with van der Waals surface area (Å²) < 4.78 is 0. The summed E-state index contributed by atoms with van der Waals surface area (Å²) in [5, 5.41) is 10.4. The molecule has 0 radical (unpaired) electrons. The zero-order valence-corrected chi connectivity index (χ0v) is 24.4. The van der Waals surface area contributed by atoms with Gasteiger partial charge in [0, 0.05) is 5.41 Å². The highest BCUT2D eigenvalue weighted by atomic mass is 14.4. The lowest BCUT2D eigenvalue weighted by molar-refractivity contribution is 0.661. The van der Waals surface area contributed by atoms with E-state index < -0.39 is 0 Å². The van der Waals surface area contributed by atoms with E-state index in [2.05, 4.69) is 159 Å². The fourth-order valence-electron chi connectivity index (χ4n) is 7.58. The minimum Gasteiger partial charge on any atom is -0.0622 e. The molecule has 43 heavy (non-hydrogen) atoms. The van der Waals surface area contributed by atoms with Crippen molar-refractivity contribution in [1.29, 1.82) is 0 Å². The average molecular weight is 547 g/mol. The van der Waals surface area contributed by atoms with Gasteiger partial charge < -0.3 is 0 Å². The number of rotatable bonds is 2. The van der Waals surface area contributed by atoms with Crippen LogP contribution >= 0.6 is 0 Å². The molecule has 0 nitrogen and oxygen atoms in total. The third-order valence-electron chi connectivity index (χ3n) is 9.80. The van der Waals surface area contributed by atoms with Crippen molar-refractivity contribution in [2.75, 3.05) is 0 Å². The molecule has 9 rings (SSSR count). The molecule has 8 aromatic carbocycles. The molecule has 0 aliphatic heterocycles. The molecule has 0 saturated carbocycles. The lowest BCUT2D eigenvalue weighted by Gasteiger charge is -2.23. The Morgan fingerprint density at radius 3 is 1.91 bits per heavy atom. The molecule has 0 unspecified atom stereocenters. The van der Waals surface area contributed by atoms with Gasteiger partial charge in [0.1, 0.15) is 0 Å². The predicted octanol–water partition coefficient (Wildman–Crippen LogP) is 11.9. The first-order chi connectivity index (χ1) is 21.1. The Bertz CT molecular complexity index is 2410. The van der Waals surface area contributed by atoms with E-state index in [1.54, 1.807) is 0 Å². The molecule has 8 aromatic rings. The Labute approximate surface area is 251 Å². The number of benzene rings is 8. The van der Waals surface area contributed by atoms with Crippen LogP contribution in [0.2, 0.25) is 0 Å². The van der Waals surface area contributed by atoms with E-state index in [9.17, 15) is 0 Å². The van der Waals surface area contributed by atoms with Gasteiger partial charge in [-0.1, -0.05) is 129 Å². The monoisotopic (exact) mass is 546 g/mol. The summed E-state index contributed by atoms with van der Waals surface area (Å²) in [6.07, 6.45) is 0. The van der Waals surface area contributed by atoms with Gasteiger partial charge in [-0.15, -0.1) is 0 Å². The Morgan fingerprint density at radius 1 is 0.349 bits per heavy atom.